The number of carbonyl (C=O) groups is 1. The molecule has 0 aliphatic heterocycles. The molecule has 0 aliphatic rings. The summed E-state index contributed by atoms with van der Waals surface area (Å²) in [4.78, 5) is 11.3. The van der Waals surface area contributed by atoms with Gasteiger partial charge in [-0.2, -0.15) is 10.4 Å². The third-order valence-electron chi connectivity index (χ3n) is 3.41. The molecule has 22 heavy (non-hydrogen) atoms. The Labute approximate surface area is 131 Å². The highest BCUT2D eigenvalue weighted by Crippen LogP contribution is 2.24. The summed E-state index contributed by atoms with van der Waals surface area (Å²) >= 11 is 6.17. The van der Waals surface area contributed by atoms with Crippen molar-refractivity contribution in [2.24, 2.45) is 0 Å². The normalized spacial score (nSPS) is 10.5. The van der Waals surface area contributed by atoms with Gasteiger partial charge in [0.15, 0.2) is 5.69 Å². The second kappa shape index (κ2) is 5.51. The van der Waals surface area contributed by atoms with E-state index in [1.165, 1.54) is 0 Å². The highest BCUT2D eigenvalue weighted by atomic mass is 35.5. The first kappa shape index (κ1) is 14.1. The van der Waals surface area contributed by atoms with Crippen LogP contribution in [0.25, 0.3) is 10.9 Å². The van der Waals surface area contributed by atoms with Crippen molar-refractivity contribution in [1.29, 1.82) is 5.26 Å². The van der Waals surface area contributed by atoms with Crippen LogP contribution in [0.2, 0.25) is 5.02 Å². The monoisotopic (exact) mass is 311 g/mol. The largest absolute Gasteiger partial charge is 0.476 e. The number of hydrogen-bond donors (Lipinski definition) is 1. The van der Waals surface area contributed by atoms with Crippen molar-refractivity contribution in [1.82, 2.24) is 9.78 Å². The Kier molecular flexibility index (Phi) is 3.53. The van der Waals surface area contributed by atoms with E-state index in [2.05, 4.69) is 11.2 Å². The van der Waals surface area contributed by atoms with Gasteiger partial charge in [-0.05, 0) is 18.2 Å². The molecule has 0 saturated carbocycles. The highest BCUT2D eigenvalue weighted by Gasteiger charge is 2.17. The van der Waals surface area contributed by atoms with Crippen molar-refractivity contribution < 1.29 is 9.90 Å². The number of para-hydroxylation sites is 1. The number of rotatable bonds is 3. The van der Waals surface area contributed by atoms with Crippen molar-refractivity contribution in [3.63, 3.8) is 0 Å². The van der Waals surface area contributed by atoms with Gasteiger partial charge in [0.25, 0.3) is 0 Å². The molecule has 0 aliphatic carbocycles. The van der Waals surface area contributed by atoms with Crippen LogP contribution in [0.5, 0.6) is 0 Å². The van der Waals surface area contributed by atoms with Crippen molar-refractivity contribution >= 4 is 28.5 Å². The van der Waals surface area contributed by atoms with E-state index in [1.54, 1.807) is 41.1 Å². The van der Waals surface area contributed by atoms with Crippen LogP contribution in [0.4, 0.5) is 0 Å². The fraction of sp³-hybridized carbons (Fsp3) is 0.0625. The zero-order chi connectivity index (χ0) is 15.7. The standard InChI is InChI=1S/C16H10ClN3O2/c17-13-6-3-4-10(8-18)12(13)9-20-14-7-2-1-5-11(14)15(19-20)16(21)22/h1-7H,9H2,(H,21,22). The van der Waals surface area contributed by atoms with E-state index in [-0.39, 0.29) is 12.2 Å². The fourth-order valence-electron chi connectivity index (χ4n) is 2.38. The zero-order valence-electron chi connectivity index (χ0n) is 11.3. The molecule has 0 spiro atoms. The van der Waals surface area contributed by atoms with E-state index >= 15 is 0 Å². The van der Waals surface area contributed by atoms with E-state index in [4.69, 9.17) is 11.6 Å². The van der Waals surface area contributed by atoms with Crippen LogP contribution in [-0.2, 0) is 6.54 Å². The minimum Gasteiger partial charge on any atom is -0.476 e. The van der Waals surface area contributed by atoms with Crippen LogP contribution in [0.3, 0.4) is 0 Å². The fourth-order valence-corrected chi connectivity index (χ4v) is 2.61. The average Bonchev–Trinajstić information content (AvgIpc) is 2.88. The van der Waals surface area contributed by atoms with Gasteiger partial charge in [-0.3, -0.25) is 4.68 Å². The second-order valence-electron chi connectivity index (χ2n) is 4.71. The summed E-state index contributed by atoms with van der Waals surface area (Å²) in [6.07, 6.45) is 0. The van der Waals surface area contributed by atoms with E-state index in [0.29, 0.717) is 27.1 Å². The molecule has 0 unspecified atom stereocenters. The van der Waals surface area contributed by atoms with Gasteiger partial charge in [-0.15, -0.1) is 0 Å². The van der Waals surface area contributed by atoms with E-state index in [0.717, 1.165) is 0 Å². The predicted molar refractivity (Wildman–Crippen MR) is 82.0 cm³/mol. The summed E-state index contributed by atoms with van der Waals surface area (Å²) < 4.78 is 1.56. The lowest BCUT2D eigenvalue weighted by atomic mass is 10.1. The lowest BCUT2D eigenvalue weighted by Crippen LogP contribution is -2.06. The number of benzene rings is 2. The molecule has 0 saturated heterocycles. The van der Waals surface area contributed by atoms with Crippen LogP contribution in [0.15, 0.2) is 42.5 Å². The first-order valence-corrected chi connectivity index (χ1v) is 6.86. The van der Waals surface area contributed by atoms with Gasteiger partial charge in [-0.1, -0.05) is 35.9 Å². The molecule has 0 bridgehead atoms. The molecular formula is C16H10ClN3O2. The first-order chi connectivity index (χ1) is 10.6. The van der Waals surface area contributed by atoms with Crippen molar-refractivity contribution in [2.45, 2.75) is 6.54 Å². The molecule has 0 radical (unpaired) electrons. The average molecular weight is 312 g/mol. The minimum atomic E-state index is -1.09. The third-order valence-corrected chi connectivity index (χ3v) is 3.76. The predicted octanol–water partition coefficient (Wildman–Crippen LogP) is 3.31. The molecule has 1 aromatic heterocycles. The van der Waals surface area contributed by atoms with Gasteiger partial charge in [0.1, 0.15) is 0 Å². The number of nitrogens with zero attached hydrogens (tertiary/aromatic N) is 3. The maximum Gasteiger partial charge on any atom is 0.357 e. The Hall–Kier alpha value is -2.84. The lowest BCUT2D eigenvalue weighted by molar-refractivity contribution is 0.0691. The topological polar surface area (TPSA) is 78.9 Å². The minimum absolute atomic E-state index is 0.0128. The Morgan fingerprint density at radius 1 is 1.27 bits per heavy atom. The van der Waals surface area contributed by atoms with Crippen LogP contribution < -0.4 is 0 Å². The summed E-state index contributed by atoms with van der Waals surface area (Å²) in [7, 11) is 0. The maximum atomic E-state index is 11.3. The smallest absolute Gasteiger partial charge is 0.357 e. The molecule has 0 fully saturated rings. The quantitative estimate of drug-likeness (QED) is 0.805. The molecule has 3 rings (SSSR count). The number of halogens is 1. The number of carboxylic acids is 1. The van der Waals surface area contributed by atoms with Gasteiger partial charge < -0.3 is 5.11 Å². The molecule has 2 aromatic carbocycles. The van der Waals surface area contributed by atoms with Crippen molar-refractivity contribution in [2.75, 3.05) is 0 Å². The molecule has 1 heterocycles. The first-order valence-electron chi connectivity index (χ1n) is 6.48. The summed E-state index contributed by atoms with van der Waals surface area (Å²) in [6, 6.07) is 14.2. The molecule has 6 heteroatoms. The van der Waals surface area contributed by atoms with Gasteiger partial charge in [0.2, 0.25) is 0 Å². The number of carboxylic acid groups (broad SMARTS) is 1. The van der Waals surface area contributed by atoms with Gasteiger partial charge in [-0.25, -0.2) is 4.79 Å². The molecule has 3 aromatic rings. The summed E-state index contributed by atoms with van der Waals surface area (Å²) in [5.41, 5.74) is 1.74. The molecule has 0 atom stereocenters. The molecular weight excluding hydrogens is 302 g/mol. The van der Waals surface area contributed by atoms with Crippen molar-refractivity contribution in [3.8, 4) is 6.07 Å². The van der Waals surface area contributed by atoms with E-state index in [1.807, 2.05) is 6.07 Å². The van der Waals surface area contributed by atoms with Crippen LogP contribution in [-0.4, -0.2) is 20.9 Å². The second-order valence-corrected chi connectivity index (χ2v) is 5.11. The number of fused-ring (bicyclic) bond motifs is 1. The third kappa shape index (κ3) is 2.30. The highest BCUT2D eigenvalue weighted by molar-refractivity contribution is 6.31. The van der Waals surface area contributed by atoms with Crippen LogP contribution in [0, 0.1) is 11.3 Å². The summed E-state index contributed by atoms with van der Waals surface area (Å²) in [5, 5.41) is 23.6. The molecule has 108 valence electrons. The van der Waals surface area contributed by atoms with E-state index < -0.39 is 5.97 Å². The van der Waals surface area contributed by atoms with E-state index in [9.17, 15) is 15.2 Å². The zero-order valence-corrected chi connectivity index (χ0v) is 12.1. The Bertz CT molecular complexity index is 925. The van der Waals surface area contributed by atoms with Crippen LogP contribution >= 0.6 is 11.6 Å². The Morgan fingerprint density at radius 2 is 2.05 bits per heavy atom. The molecule has 1 N–H and O–H groups in total. The maximum absolute atomic E-state index is 11.3. The summed E-state index contributed by atoms with van der Waals surface area (Å²) in [6.45, 7) is 0.232. The SMILES string of the molecule is N#Cc1cccc(Cl)c1Cn1nc(C(=O)O)c2ccccc21. The number of aromatic nitrogens is 2. The molecule has 0 amide bonds. The molecule has 5 nitrogen and oxygen atoms in total. The van der Waals surface area contributed by atoms with Crippen molar-refractivity contribution in [3.05, 3.63) is 64.3 Å². The van der Waals surface area contributed by atoms with Gasteiger partial charge in [0.05, 0.1) is 23.7 Å². The Morgan fingerprint density at radius 3 is 2.77 bits per heavy atom. The number of nitriles is 1. The number of aromatic carboxylic acids is 1. The van der Waals surface area contributed by atoms with Gasteiger partial charge in [0, 0.05) is 16.0 Å². The summed E-state index contributed by atoms with van der Waals surface area (Å²) in [5.74, 6) is -1.09. The van der Waals surface area contributed by atoms with Crippen LogP contribution in [0.1, 0.15) is 21.6 Å². The lowest BCUT2D eigenvalue weighted by Gasteiger charge is -2.08. The van der Waals surface area contributed by atoms with Gasteiger partial charge >= 0.3 is 5.97 Å². The Balaban J connectivity index is 2.17. The number of hydrogen-bond acceptors (Lipinski definition) is 3.